The van der Waals surface area contributed by atoms with E-state index in [1.807, 2.05) is 56.3 Å². The van der Waals surface area contributed by atoms with Gasteiger partial charge in [0.15, 0.2) is 5.82 Å². The second-order valence-corrected chi connectivity index (χ2v) is 7.75. The summed E-state index contributed by atoms with van der Waals surface area (Å²) in [6.07, 6.45) is 5.04. The molecule has 0 spiro atoms. The van der Waals surface area contributed by atoms with Crippen molar-refractivity contribution in [1.82, 2.24) is 9.97 Å². The number of aromatic nitrogens is 2. The van der Waals surface area contributed by atoms with E-state index < -0.39 is 0 Å². The number of carbonyl (C=O) groups excluding carboxylic acids is 1. The van der Waals surface area contributed by atoms with E-state index in [-0.39, 0.29) is 11.8 Å². The molecule has 1 atom stereocenters. The Hall–Kier alpha value is -3.41. The van der Waals surface area contributed by atoms with E-state index in [2.05, 4.69) is 26.3 Å². The van der Waals surface area contributed by atoms with Crippen LogP contribution in [0.5, 0.6) is 11.6 Å². The maximum absolute atomic E-state index is 12.9. The molecule has 1 aliphatic heterocycles. The van der Waals surface area contributed by atoms with Crippen molar-refractivity contribution in [3.63, 3.8) is 0 Å². The van der Waals surface area contributed by atoms with Gasteiger partial charge in [0, 0.05) is 31.2 Å². The first-order valence-corrected chi connectivity index (χ1v) is 10.3. The molecule has 4 rings (SSSR count). The zero-order valence-electron chi connectivity index (χ0n) is 17.3. The zero-order chi connectivity index (χ0) is 20.9. The lowest BCUT2D eigenvalue weighted by atomic mass is 9.97. The largest absolute Gasteiger partial charge is 0.436 e. The second-order valence-electron chi connectivity index (χ2n) is 7.75. The fraction of sp³-hybridized carbons (Fsp3) is 0.292. The van der Waals surface area contributed by atoms with E-state index in [9.17, 15) is 4.79 Å². The van der Waals surface area contributed by atoms with Gasteiger partial charge in [-0.3, -0.25) is 4.79 Å². The molecule has 2 heterocycles. The minimum atomic E-state index is -0.119. The monoisotopic (exact) mass is 402 g/mol. The van der Waals surface area contributed by atoms with Gasteiger partial charge >= 0.3 is 0 Å². The normalized spacial score (nSPS) is 16.2. The van der Waals surface area contributed by atoms with E-state index in [0.29, 0.717) is 24.0 Å². The molecule has 1 N–H and O–H groups in total. The molecule has 1 amide bonds. The number of hydrogen-bond acceptors (Lipinski definition) is 5. The Bertz CT molecular complexity index is 1000. The number of hydrogen-bond donors (Lipinski definition) is 1. The maximum Gasteiger partial charge on any atom is 0.263 e. The van der Waals surface area contributed by atoms with E-state index in [1.54, 1.807) is 12.4 Å². The molecular weight excluding hydrogens is 376 g/mol. The number of amides is 1. The van der Waals surface area contributed by atoms with Gasteiger partial charge in [-0.2, -0.15) is 0 Å². The number of ether oxygens (including phenoxy) is 1. The number of aryl methyl sites for hydroxylation is 2. The van der Waals surface area contributed by atoms with Crippen molar-refractivity contribution in [1.29, 1.82) is 0 Å². The van der Waals surface area contributed by atoms with Crippen LogP contribution in [0.1, 0.15) is 24.0 Å². The highest BCUT2D eigenvalue weighted by atomic mass is 16.5. The highest BCUT2D eigenvalue weighted by Crippen LogP contribution is 2.31. The first kappa shape index (κ1) is 19.9. The zero-order valence-corrected chi connectivity index (χ0v) is 17.3. The Kier molecular flexibility index (Phi) is 5.93. The molecule has 0 aliphatic carbocycles. The van der Waals surface area contributed by atoms with Crippen LogP contribution in [-0.2, 0) is 4.79 Å². The van der Waals surface area contributed by atoms with Gasteiger partial charge in [0.05, 0.1) is 5.92 Å². The Labute approximate surface area is 176 Å². The highest BCUT2D eigenvalue weighted by Gasteiger charge is 2.28. The Morgan fingerprint density at radius 2 is 1.80 bits per heavy atom. The van der Waals surface area contributed by atoms with Crippen molar-refractivity contribution >= 4 is 17.4 Å². The summed E-state index contributed by atoms with van der Waals surface area (Å²) >= 11 is 0. The summed E-state index contributed by atoms with van der Waals surface area (Å²) in [4.78, 5) is 23.9. The summed E-state index contributed by atoms with van der Waals surface area (Å²) in [5.41, 5.74) is 3.12. The van der Waals surface area contributed by atoms with Gasteiger partial charge in [0.1, 0.15) is 5.75 Å². The van der Waals surface area contributed by atoms with Gasteiger partial charge in [-0.15, -0.1) is 0 Å². The number of benzene rings is 2. The number of para-hydroxylation sites is 1. The molecule has 3 aromatic rings. The van der Waals surface area contributed by atoms with Gasteiger partial charge < -0.3 is 15.0 Å². The Balaban J connectivity index is 1.48. The van der Waals surface area contributed by atoms with Crippen LogP contribution in [0.3, 0.4) is 0 Å². The average Bonchev–Trinajstić information content (AvgIpc) is 2.74. The Morgan fingerprint density at radius 1 is 1.07 bits per heavy atom. The molecule has 0 bridgehead atoms. The SMILES string of the molecule is Cc1cc(C)cc(NC(=O)C2CCCN(c3nccnc3Oc3ccccc3)C2)c1. The molecule has 6 heteroatoms. The molecule has 1 aliphatic rings. The number of anilines is 2. The molecule has 1 unspecified atom stereocenters. The molecule has 2 aromatic carbocycles. The second kappa shape index (κ2) is 8.95. The van der Waals surface area contributed by atoms with Gasteiger partial charge in [0.25, 0.3) is 5.88 Å². The average molecular weight is 402 g/mol. The highest BCUT2D eigenvalue weighted by molar-refractivity contribution is 5.93. The summed E-state index contributed by atoms with van der Waals surface area (Å²) in [7, 11) is 0. The fourth-order valence-corrected chi connectivity index (χ4v) is 3.88. The lowest BCUT2D eigenvalue weighted by Gasteiger charge is -2.33. The van der Waals surface area contributed by atoms with Crippen LogP contribution >= 0.6 is 0 Å². The summed E-state index contributed by atoms with van der Waals surface area (Å²) in [6, 6.07) is 15.6. The number of nitrogens with one attached hydrogen (secondary N) is 1. The first-order valence-electron chi connectivity index (χ1n) is 10.3. The molecule has 6 nitrogen and oxygen atoms in total. The minimum Gasteiger partial charge on any atom is -0.436 e. The topological polar surface area (TPSA) is 67.4 Å². The molecular formula is C24H26N4O2. The van der Waals surface area contributed by atoms with Gasteiger partial charge in [-0.05, 0) is 62.1 Å². The van der Waals surface area contributed by atoms with Crippen LogP contribution in [0.2, 0.25) is 0 Å². The standard InChI is InChI=1S/C24H26N4O2/c1-17-13-18(2)15-20(14-17)27-23(29)19-7-6-12-28(16-19)22-24(26-11-10-25-22)30-21-8-4-3-5-9-21/h3-5,8-11,13-15,19H,6-7,12,16H2,1-2H3,(H,27,29). The lowest BCUT2D eigenvalue weighted by Crippen LogP contribution is -2.41. The number of nitrogens with zero attached hydrogens (tertiary/aromatic N) is 3. The van der Waals surface area contributed by atoms with E-state index >= 15 is 0 Å². The van der Waals surface area contributed by atoms with Crippen LogP contribution in [0.4, 0.5) is 11.5 Å². The van der Waals surface area contributed by atoms with Gasteiger partial charge in [-0.1, -0.05) is 24.3 Å². The van der Waals surface area contributed by atoms with Crippen LogP contribution in [-0.4, -0.2) is 29.0 Å². The van der Waals surface area contributed by atoms with Crippen LogP contribution < -0.4 is 15.0 Å². The van der Waals surface area contributed by atoms with Gasteiger partial charge in [0.2, 0.25) is 5.91 Å². The number of carbonyl (C=O) groups is 1. The van der Waals surface area contributed by atoms with Crippen molar-refractivity contribution in [2.24, 2.45) is 5.92 Å². The lowest BCUT2D eigenvalue weighted by molar-refractivity contribution is -0.120. The molecule has 154 valence electrons. The Morgan fingerprint density at radius 3 is 2.57 bits per heavy atom. The number of rotatable bonds is 5. The van der Waals surface area contributed by atoms with Crippen molar-refractivity contribution in [3.8, 4) is 11.6 Å². The predicted molar refractivity (Wildman–Crippen MR) is 118 cm³/mol. The van der Waals surface area contributed by atoms with Crippen molar-refractivity contribution < 1.29 is 9.53 Å². The predicted octanol–water partition coefficient (Wildman–Crippen LogP) is 4.74. The molecule has 30 heavy (non-hydrogen) atoms. The third kappa shape index (κ3) is 4.76. The molecule has 0 radical (unpaired) electrons. The van der Waals surface area contributed by atoms with E-state index in [1.165, 1.54) is 0 Å². The maximum atomic E-state index is 12.9. The third-order valence-corrected chi connectivity index (χ3v) is 5.19. The molecule has 1 aromatic heterocycles. The molecule has 1 fully saturated rings. The number of piperidine rings is 1. The molecule has 1 saturated heterocycles. The quantitative estimate of drug-likeness (QED) is 0.668. The summed E-state index contributed by atoms with van der Waals surface area (Å²) in [6.45, 7) is 5.47. The fourth-order valence-electron chi connectivity index (χ4n) is 3.88. The smallest absolute Gasteiger partial charge is 0.263 e. The van der Waals surface area contributed by atoms with Crippen molar-refractivity contribution in [3.05, 3.63) is 72.1 Å². The van der Waals surface area contributed by atoms with Crippen molar-refractivity contribution in [2.45, 2.75) is 26.7 Å². The van der Waals surface area contributed by atoms with Gasteiger partial charge in [-0.25, -0.2) is 9.97 Å². The minimum absolute atomic E-state index is 0.0409. The summed E-state index contributed by atoms with van der Waals surface area (Å²) in [5.74, 6) is 1.76. The molecule has 0 saturated carbocycles. The summed E-state index contributed by atoms with van der Waals surface area (Å²) in [5, 5.41) is 3.09. The van der Waals surface area contributed by atoms with E-state index in [0.717, 1.165) is 36.2 Å². The van der Waals surface area contributed by atoms with Crippen LogP contribution in [0, 0.1) is 19.8 Å². The summed E-state index contributed by atoms with van der Waals surface area (Å²) < 4.78 is 5.96. The van der Waals surface area contributed by atoms with Crippen molar-refractivity contribution in [2.75, 3.05) is 23.3 Å². The van der Waals surface area contributed by atoms with Crippen LogP contribution in [0.25, 0.3) is 0 Å². The first-order chi connectivity index (χ1) is 14.6. The van der Waals surface area contributed by atoms with E-state index in [4.69, 9.17) is 4.74 Å². The van der Waals surface area contributed by atoms with Crippen LogP contribution in [0.15, 0.2) is 60.9 Å². The third-order valence-electron chi connectivity index (χ3n) is 5.19.